The second-order valence-corrected chi connectivity index (χ2v) is 6.35. The van der Waals surface area contributed by atoms with Crippen molar-refractivity contribution < 1.29 is 9.15 Å². The molecule has 27 heavy (non-hydrogen) atoms. The van der Waals surface area contributed by atoms with Crippen molar-refractivity contribution in [2.45, 2.75) is 32.4 Å². The Balaban J connectivity index is 1.97. The minimum atomic E-state index is -0.259. The summed E-state index contributed by atoms with van der Waals surface area (Å²) in [7, 11) is 0. The minimum absolute atomic E-state index is 0.0446. The van der Waals surface area contributed by atoms with Crippen molar-refractivity contribution in [2.24, 2.45) is 0 Å². The van der Waals surface area contributed by atoms with Crippen LogP contribution in [0.4, 0.5) is 5.95 Å². The van der Waals surface area contributed by atoms with E-state index in [9.17, 15) is 4.79 Å². The summed E-state index contributed by atoms with van der Waals surface area (Å²) >= 11 is 0. The molecule has 1 aliphatic heterocycles. The number of nitrogen functional groups attached to an aromatic ring is 1. The molecule has 0 aromatic carbocycles. The quantitative estimate of drug-likeness (QED) is 0.744. The van der Waals surface area contributed by atoms with Gasteiger partial charge in [-0.2, -0.15) is 0 Å². The largest absolute Gasteiger partial charge is 0.492 e. The number of furan rings is 1. The fourth-order valence-corrected chi connectivity index (χ4v) is 3.26. The highest BCUT2D eigenvalue weighted by Crippen LogP contribution is 2.39. The van der Waals surface area contributed by atoms with E-state index in [-0.39, 0.29) is 17.6 Å². The van der Waals surface area contributed by atoms with E-state index >= 15 is 0 Å². The molecule has 3 aromatic heterocycles. The fraction of sp³-hybridized carbons (Fsp3) is 0.250. The highest BCUT2D eigenvalue weighted by molar-refractivity contribution is 5.81. The van der Waals surface area contributed by atoms with Crippen molar-refractivity contribution in [3.63, 3.8) is 0 Å². The van der Waals surface area contributed by atoms with Crippen LogP contribution < -0.4 is 11.3 Å². The molecular weight excluding hydrogens is 344 g/mol. The van der Waals surface area contributed by atoms with Crippen molar-refractivity contribution in [3.8, 4) is 22.6 Å². The second kappa shape index (κ2) is 7.11. The Hall–Kier alpha value is -3.35. The van der Waals surface area contributed by atoms with Crippen LogP contribution in [0.1, 0.15) is 31.6 Å². The third-order valence-corrected chi connectivity index (χ3v) is 4.44. The lowest BCUT2D eigenvalue weighted by atomic mass is 9.98. The maximum Gasteiger partial charge on any atom is 0.250 e. The topological polar surface area (TPSA) is 96.2 Å². The molecule has 0 radical (unpaired) electrons. The maximum absolute atomic E-state index is 12.2. The lowest BCUT2D eigenvalue weighted by Crippen LogP contribution is -2.18. The van der Waals surface area contributed by atoms with Crippen LogP contribution in [-0.2, 0) is 11.3 Å². The highest BCUT2D eigenvalue weighted by atomic mass is 16.5. The number of nitrogens with zero attached hydrogens (tertiary/aromatic N) is 3. The zero-order chi connectivity index (χ0) is 18.8. The normalized spacial score (nSPS) is 15.8. The van der Waals surface area contributed by atoms with E-state index in [0.29, 0.717) is 30.1 Å². The Morgan fingerprint density at radius 3 is 2.89 bits per heavy atom. The van der Waals surface area contributed by atoms with E-state index < -0.39 is 0 Å². The molecule has 2 N–H and O–H groups in total. The lowest BCUT2D eigenvalue weighted by molar-refractivity contribution is 0.169. The van der Waals surface area contributed by atoms with Gasteiger partial charge in [0.05, 0.1) is 18.2 Å². The average molecular weight is 364 g/mol. The van der Waals surface area contributed by atoms with Gasteiger partial charge in [0, 0.05) is 36.4 Å². The summed E-state index contributed by atoms with van der Waals surface area (Å²) in [6.45, 7) is 2.67. The first-order valence-corrected chi connectivity index (χ1v) is 8.90. The first-order valence-electron chi connectivity index (χ1n) is 8.90. The summed E-state index contributed by atoms with van der Waals surface area (Å²) < 4.78 is 13.0. The number of hydrogen-bond acceptors (Lipinski definition) is 6. The number of rotatable bonds is 5. The zero-order valence-corrected chi connectivity index (χ0v) is 15.0. The smallest absolute Gasteiger partial charge is 0.250 e. The number of ether oxygens (including phenoxy) is 1. The predicted octanol–water partition coefficient (Wildman–Crippen LogP) is 3.53. The summed E-state index contributed by atoms with van der Waals surface area (Å²) in [5, 5.41) is 0. The van der Waals surface area contributed by atoms with Crippen molar-refractivity contribution in [2.75, 3.05) is 5.73 Å². The molecule has 1 aliphatic rings. The molecule has 3 aromatic rings. The van der Waals surface area contributed by atoms with Crippen molar-refractivity contribution in [3.05, 3.63) is 65.1 Å². The van der Waals surface area contributed by atoms with Crippen LogP contribution in [0.25, 0.3) is 22.6 Å². The van der Waals surface area contributed by atoms with Gasteiger partial charge in [0.25, 0.3) is 5.56 Å². The van der Waals surface area contributed by atoms with Gasteiger partial charge < -0.3 is 19.5 Å². The van der Waals surface area contributed by atoms with E-state index in [0.717, 1.165) is 17.5 Å². The summed E-state index contributed by atoms with van der Waals surface area (Å²) in [4.78, 5) is 21.1. The zero-order valence-electron chi connectivity index (χ0n) is 15.0. The number of hydrogen-bond donors (Lipinski definition) is 1. The Labute approximate surface area is 156 Å². The molecule has 0 saturated heterocycles. The Morgan fingerprint density at radius 2 is 2.19 bits per heavy atom. The number of aromatic nitrogens is 3. The molecule has 4 rings (SSSR count). The van der Waals surface area contributed by atoms with Gasteiger partial charge in [-0.3, -0.25) is 4.79 Å². The molecule has 7 nitrogen and oxygen atoms in total. The van der Waals surface area contributed by atoms with Gasteiger partial charge in [-0.1, -0.05) is 6.92 Å². The first kappa shape index (κ1) is 17.1. The molecule has 0 fully saturated rings. The molecule has 4 heterocycles. The van der Waals surface area contributed by atoms with Crippen LogP contribution in [-0.4, -0.2) is 14.5 Å². The number of nitrogens with two attached hydrogens (primary N) is 1. The summed E-state index contributed by atoms with van der Waals surface area (Å²) in [5.74, 6) is 0.733. The summed E-state index contributed by atoms with van der Waals surface area (Å²) in [6.07, 6.45) is 8.31. The lowest BCUT2D eigenvalue weighted by Gasteiger charge is -2.18. The molecule has 0 saturated carbocycles. The fourth-order valence-electron chi connectivity index (χ4n) is 3.26. The number of aryl methyl sites for hydroxylation is 1. The molecule has 0 amide bonds. The molecule has 0 bridgehead atoms. The maximum atomic E-state index is 12.2. The Kier molecular flexibility index (Phi) is 4.50. The van der Waals surface area contributed by atoms with Gasteiger partial charge >= 0.3 is 0 Å². The monoisotopic (exact) mass is 364 g/mol. The van der Waals surface area contributed by atoms with Gasteiger partial charge in [0.15, 0.2) is 5.76 Å². The highest BCUT2D eigenvalue weighted by Gasteiger charge is 2.26. The molecule has 0 spiro atoms. The van der Waals surface area contributed by atoms with E-state index in [4.69, 9.17) is 14.9 Å². The van der Waals surface area contributed by atoms with Crippen LogP contribution in [0.15, 0.2) is 58.3 Å². The van der Waals surface area contributed by atoms with Crippen LogP contribution >= 0.6 is 0 Å². The number of anilines is 1. The third kappa shape index (κ3) is 3.23. The van der Waals surface area contributed by atoms with Gasteiger partial charge in [0.2, 0.25) is 5.95 Å². The van der Waals surface area contributed by atoms with E-state index in [1.807, 2.05) is 25.3 Å². The standard InChI is InChI=1S/C20H20N4O3/c1-2-9-24-12-13(7-8-16(24)25)17-18(14-5-3-10-26-14)22-20(21)23-19(17)15-6-4-11-27-15/h3-5,7-8,10-12,15H,2,6,9H2,1H3,(H2,21,22,23). The van der Waals surface area contributed by atoms with Crippen molar-refractivity contribution in [1.82, 2.24) is 14.5 Å². The first-order chi connectivity index (χ1) is 13.2. The predicted molar refractivity (Wildman–Crippen MR) is 102 cm³/mol. The van der Waals surface area contributed by atoms with E-state index in [1.165, 1.54) is 0 Å². The van der Waals surface area contributed by atoms with Crippen LogP contribution in [0.5, 0.6) is 0 Å². The molecule has 1 atom stereocenters. The molecule has 1 unspecified atom stereocenters. The molecule has 7 heteroatoms. The Morgan fingerprint density at radius 1 is 1.30 bits per heavy atom. The van der Waals surface area contributed by atoms with Gasteiger partial charge in [0.1, 0.15) is 11.8 Å². The van der Waals surface area contributed by atoms with Crippen LogP contribution in [0.2, 0.25) is 0 Å². The third-order valence-electron chi connectivity index (χ3n) is 4.44. The Bertz CT molecular complexity index is 1030. The van der Waals surface area contributed by atoms with Crippen molar-refractivity contribution in [1.29, 1.82) is 0 Å². The van der Waals surface area contributed by atoms with Gasteiger partial charge in [-0.05, 0) is 30.7 Å². The summed E-state index contributed by atoms with van der Waals surface area (Å²) in [6, 6.07) is 6.96. The van der Waals surface area contributed by atoms with Crippen molar-refractivity contribution >= 4 is 5.95 Å². The molecular formula is C20H20N4O3. The van der Waals surface area contributed by atoms with Gasteiger partial charge in [-0.25, -0.2) is 9.97 Å². The second-order valence-electron chi connectivity index (χ2n) is 6.35. The summed E-state index contributed by atoms with van der Waals surface area (Å²) in [5.41, 5.74) is 8.79. The minimum Gasteiger partial charge on any atom is -0.492 e. The van der Waals surface area contributed by atoms with E-state index in [2.05, 4.69) is 9.97 Å². The molecule has 138 valence electrons. The average Bonchev–Trinajstić information content (AvgIpc) is 3.37. The molecule has 0 aliphatic carbocycles. The van der Waals surface area contributed by atoms with Gasteiger partial charge in [-0.15, -0.1) is 0 Å². The van der Waals surface area contributed by atoms with E-state index in [1.54, 1.807) is 35.3 Å². The number of pyridine rings is 1. The van der Waals surface area contributed by atoms with Crippen LogP contribution in [0.3, 0.4) is 0 Å². The SMILES string of the molecule is CCCn1cc(-c2c(-c3ccco3)nc(N)nc2C2CC=CO2)ccc1=O. The van der Waals surface area contributed by atoms with Crippen LogP contribution in [0, 0.1) is 0 Å².